The highest BCUT2D eigenvalue weighted by Gasteiger charge is 2.27. The van der Waals surface area contributed by atoms with Crippen LogP contribution < -0.4 is 20.7 Å². The van der Waals surface area contributed by atoms with E-state index in [1.54, 1.807) is 0 Å². The molecular formula is C23H34N6O2. The van der Waals surface area contributed by atoms with Crippen LogP contribution in [0.3, 0.4) is 0 Å². The maximum atomic E-state index is 12.3. The topological polar surface area (TPSA) is 96.6 Å². The van der Waals surface area contributed by atoms with E-state index in [1.165, 1.54) is 5.56 Å². The molecule has 0 radical (unpaired) electrons. The molecule has 8 heteroatoms. The quantitative estimate of drug-likeness (QED) is 0.624. The Kier molecular flexibility index (Phi) is 7.00. The Hall–Kier alpha value is -2.87. The number of hydrogen-bond donors (Lipinski definition) is 2. The van der Waals surface area contributed by atoms with Crippen LogP contribution in [0.25, 0.3) is 0 Å². The second-order valence-corrected chi connectivity index (χ2v) is 9.04. The van der Waals surface area contributed by atoms with E-state index >= 15 is 0 Å². The molecular weight excluding hydrogens is 392 g/mol. The summed E-state index contributed by atoms with van der Waals surface area (Å²) in [5.41, 5.74) is 8.97. The monoisotopic (exact) mass is 426 g/mol. The Morgan fingerprint density at radius 2 is 2.00 bits per heavy atom. The molecule has 1 aromatic carbocycles. The largest absolute Gasteiger partial charge is 0.463 e. The van der Waals surface area contributed by atoms with E-state index < -0.39 is 0 Å². The standard InChI is InChI=1S/C23H34N6O2/c1-6-7-11-31-22-26-20(24)19-21(27-22)29(15-18(30)25-19)14-17-10-8-9-16(12-17)13-28(5)23(2,3)4/h8-10,12H,6-7,11,13-15H2,1-5H3,(H,25,30)(H2,24,26,27). The number of amides is 1. The van der Waals surface area contributed by atoms with Gasteiger partial charge in [-0.15, -0.1) is 0 Å². The number of carbonyl (C=O) groups is 1. The van der Waals surface area contributed by atoms with Crippen LogP contribution in [-0.4, -0.2) is 46.5 Å². The molecule has 0 aliphatic carbocycles. The zero-order valence-electron chi connectivity index (χ0n) is 19.2. The molecule has 1 aromatic heterocycles. The molecule has 1 aliphatic rings. The van der Waals surface area contributed by atoms with Gasteiger partial charge >= 0.3 is 6.01 Å². The van der Waals surface area contributed by atoms with Gasteiger partial charge in [0.05, 0.1) is 13.2 Å². The fraction of sp³-hybridized carbons (Fsp3) is 0.522. The minimum Gasteiger partial charge on any atom is -0.463 e. The first-order valence-electron chi connectivity index (χ1n) is 10.8. The number of benzene rings is 1. The molecule has 0 fully saturated rings. The molecule has 0 saturated heterocycles. The number of nitrogens with two attached hydrogens (primary N) is 1. The number of nitrogens with zero attached hydrogens (tertiary/aromatic N) is 4. The van der Waals surface area contributed by atoms with Gasteiger partial charge in [-0.05, 0) is 45.4 Å². The van der Waals surface area contributed by atoms with Crippen molar-refractivity contribution in [2.24, 2.45) is 0 Å². The lowest BCUT2D eigenvalue weighted by Gasteiger charge is -2.32. The first kappa shape index (κ1) is 22.8. The van der Waals surface area contributed by atoms with Crippen LogP contribution in [0.1, 0.15) is 51.7 Å². The molecule has 3 rings (SSSR count). The highest BCUT2D eigenvalue weighted by atomic mass is 16.5. The van der Waals surface area contributed by atoms with Crippen molar-refractivity contribution in [1.82, 2.24) is 14.9 Å². The number of unbranched alkanes of at least 4 members (excludes halogenated alkanes) is 1. The SMILES string of the molecule is CCCCOc1nc(N)c2c(n1)N(Cc1cccc(CN(C)C(C)(C)C)c1)CC(=O)N2. The average molecular weight is 427 g/mol. The van der Waals surface area contributed by atoms with Gasteiger partial charge in [-0.25, -0.2) is 0 Å². The third-order valence-electron chi connectivity index (χ3n) is 5.45. The summed E-state index contributed by atoms with van der Waals surface area (Å²) in [6, 6.07) is 8.67. The molecule has 0 atom stereocenters. The fourth-order valence-corrected chi connectivity index (χ4v) is 3.28. The Labute approximate surface area is 184 Å². The molecule has 8 nitrogen and oxygen atoms in total. The van der Waals surface area contributed by atoms with Crippen molar-refractivity contribution in [1.29, 1.82) is 0 Å². The molecule has 0 spiro atoms. The maximum Gasteiger partial charge on any atom is 0.320 e. The van der Waals surface area contributed by atoms with Gasteiger partial charge in [-0.3, -0.25) is 9.69 Å². The number of rotatable bonds is 8. The average Bonchev–Trinajstić information content (AvgIpc) is 2.68. The van der Waals surface area contributed by atoms with Gasteiger partial charge in [-0.1, -0.05) is 37.6 Å². The first-order valence-corrected chi connectivity index (χ1v) is 10.8. The van der Waals surface area contributed by atoms with Gasteiger partial charge in [0.1, 0.15) is 5.69 Å². The number of hydrogen-bond acceptors (Lipinski definition) is 7. The van der Waals surface area contributed by atoms with E-state index in [0.29, 0.717) is 24.7 Å². The molecule has 31 heavy (non-hydrogen) atoms. The summed E-state index contributed by atoms with van der Waals surface area (Å²) in [5.74, 6) is 0.678. The number of nitrogen functional groups attached to an aromatic ring is 1. The first-order chi connectivity index (χ1) is 14.7. The van der Waals surface area contributed by atoms with Crippen molar-refractivity contribution in [2.75, 3.05) is 36.1 Å². The number of carbonyl (C=O) groups excluding carboxylic acids is 1. The number of fused-ring (bicyclic) bond motifs is 1. The second-order valence-electron chi connectivity index (χ2n) is 9.04. The van der Waals surface area contributed by atoms with E-state index in [1.807, 2.05) is 4.90 Å². The van der Waals surface area contributed by atoms with Gasteiger partial charge in [0.2, 0.25) is 5.91 Å². The van der Waals surface area contributed by atoms with E-state index in [4.69, 9.17) is 10.5 Å². The molecule has 3 N–H and O–H groups in total. The van der Waals surface area contributed by atoms with Crippen LogP contribution in [0.5, 0.6) is 6.01 Å². The number of aromatic nitrogens is 2. The number of nitrogens with one attached hydrogen (secondary N) is 1. The molecule has 1 aliphatic heterocycles. The van der Waals surface area contributed by atoms with Crippen LogP contribution in [0.15, 0.2) is 24.3 Å². The van der Waals surface area contributed by atoms with Crippen molar-refractivity contribution in [2.45, 2.75) is 59.2 Å². The predicted octanol–water partition coefficient (Wildman–Crippen LogP) is 3.43. The summed E-state index contributed by atoms with van der Waals surface area (Å²) in [6.45, 7) is 10.8. The van der Waals surface area contributed by atoms with Gasteiger partial charge in [0, 0.05) is 18.6 Å². The third-order valence-corrected chi connectivity index (χ3v) is 5.45. The summed E-state index contributed by atoms with van der Waals surface area (Å²) in [4.78, 5) is 25.3. The minimum absolute atomic E-state index is 0.0858. The van der Waals surface area contributed by atoms with E-state index in [0.717, 1.165) is 24.9 Å². The van der Waals surface area contributed by atoms with Crippen LogP contribution in [0.2, 0.25) is 0 Å². The smallest absolute Gasteiger partial charge is 0.320 e. The highest BCUT2D eigenvalue weighted by molar-refractivity contribution is 6.03. The zero-order chi connectivity index (χ0) is 22.6. The van der Waals surface area contributed by atoms with E-state index in [2.05, 4.69) is 79.2 Å². The van der Waals surface area contributed by atoms with E-state index in [-0.39, 0.29) is 29.8 Å². The van der Waals surface area contributed by atoms with Crippen LogP contribution in [-0.2, 0) is 17.9 Å². The molecule has 2 heterocycles. The fourth-order valence-electron chi connectivity index (χ4n) is 3.28. The Balaban J connectivity index is 1.83. The van der Waals surface area contributed by atoms with Crippen LogP contribution in [0, 0.1) is 0 Å². The minimum atomic E-state index is -0.133. The molecule has 0 saturated carbocycles. The van der Waals surface area contributed by atoms with Gasteiger partial charge in [0.25, 0.3) is 0 Å². The lowest BCUT2D eigenvalue weighted by Crippen LogP contribution is -2.39. The maximum absolute atomic E-state index is 12.3. The second kappa shape index (κ2) is 9.51. The summed E-state index contributed by atoms with van der Waals surface area (Å²) in [5, 5.41) is 2.80. The molecule has 2 aromatic rings. The van der Waals surface area contributed by atoms with Crippen LogP contribution in [0.4, 0.5) is 17.3 Å². The summed E-state index contributed by atoms with van der Waals surface area (Å²) in [6.07, 6.45) is 1.93. The van der Waals surface area contributed by atoms with Crippen molar-refractivity contribution < 1.29 is 9.53 Å². The predicted molar refractivity (Wildman–Crippen MR) is 124 cm³/mol. The van der Waals surface area contributed by atoms with Crippen molar-refractivity contribution in [3.05, 3.63) is 35.4 Å². The molecule has 1 amide bonds. The Morgan fingerprint density at radius 1 is 1.26 bits per heavy atom. The normalized spacial score (nSPS) is 13.9. The lowest BCUT2D eigenvalue weighted by atomic mass is 10.0. The molecule has 168 valence electrons. The van der Waals surface area contributed by atoms with Gasteiger partial charge in [-0.2, -0.15) is 9.97 Å². The summed E-state index contributed by atoms with van der Waals surface area (Å²) in [7, 11) is 2.12. The van der Waals surface area contributed by atoms with Crippen molar-refractivity contribution in [3.63, 3.8) is 0 Å². The Morgan fingerprint density at radius 3 is 2.71 bits per heavy atom. The molecule has 0 bridgehead atoms. The third kappa shape index (κ3) is 5.85. The van der Waals surface area contributed by atoms with E-state index in [9.17, 15) is 4.79 Å². The van der Waals surface area contributed by atoms with Crippen molar-refractivity contribution in [3.8, 4) is 6.01 Å². The molecule has 0 unspecified atom stereocenters. The van der Waals surface area contributed by atoms with Crippen molar-refractivity contribution >= 4 is 23.2 Å². The van der Waals surface area contributed by atoms with Crippen LogP contribution >= 0.6 is 0 Å². The van der Waals surface area contributed by atoms with Gasteiger partial charge in [0.15, 0.2) is 11.6 Å². The van der Waals surface area contributed by atoms with Gasteiger partial charge < -0.3 is 20.7 Å². The highest BCUT2D eigenvalue weighted by Crippen LogP contribution is 2.34. The summed E-state index contributed by atoms with van der Waals surface area (Å²) >= 11 is 0. The zero-order valence-corrected chi connectivity index (χ0v) is 19.2. The Bertz CT molecular complexity index is 925. The number of ether oxygens (including phenoxy) is 1. The number of anilines is 3. The summed E-state index contributed by atoms with van der Waals surface area (Å²) < 4.78 is 5.67. The lowest BCUT2D eigenvalue weighted by molar-refractivity contribution is -0.115.